The topological polar surface area (TPSA) is 72.2 Å². The quantitative estimate of drug-likeness (QED) is 0.917. The van der Waals surface area contributed by atoms with E-state index >= 15 is 0 Å². The van der Waals surface area contributed by atoms with Crippen LogP contribution in [0.5, 0.6) is 0 Å². The summed E-state index contributed by atoms with van der Waals surface area (Å²) in [4.78, 5) is 22.7. The molecule has 0 aliphatic heterocycles. The van der Waals surface area contributed by atoms with E-state index in [0.717, 1.165) is 10.7 Å². The zero-order valence-corrected chi connectivity index (χ0v) is 10.9. The highest BCUT2D eigenvalue weighted by molar-refractivity contribution is 6.41. The summed E-state index contributed by atoms with van der Waals surface area (Å²) in [5.41, 5.74) is -0.576. The lowest BCUT2D eigenvalue weighted by atomic mass is 10.0. The van der Waals surface area contributed by atoms with Gasteiger partial charge >= 0.3 is 5.97 Å². The van der Waals surface area contributed by atoms with Crippen LogP contribution in [0.25, 0.3) is 0 Å². The molecule has 1 atom stereocenters. The molecule has 1 aromatic heterocycles. The molecule has 0 amide bonds. The predicted octanol–water partition coefficient (Wildman–Crippen LogP) is 2.22. The third kappa shape index (κ3) is 3.44. The van der Waals surface area contributed by atoms with Gasteiger partial charge in [-0.1, -0.05) is 37.0 Å². The lowest BCUT2D eigenvalue weighted by molar-refractivity contribution is -0.141. The zero-order chi connectivity index (χ0) is 13.2. The van der Waals surface area contributed by atoms with Crippen molar-refractivity contribution in [2.24, 2.45) is 5.92 Å². The molecule has 1 aromatic rings. The summed E-state index contributed by atoms with van der Waals surface area (Å²) < 4.78 is 0.858. The van der Waals surface area contributed by atoms with Crippen LogP contribution in [0.4, 0.5) is 0 Å². The first-order chi connectivity index (χ1) is 7.82. The highest BCUT2D eigenvalue weighted by atomic mass is 35.5. The molecule has 1 heterocycles. The summed E-state index contributed by atoms with van der Waals surface area (Å²) in [5, 5.41) is 12.7. The van der Waals surface area contributed by atoms with Crippen molar-refractivity contribution in [3.05, 3.63) is 26.6 Å². The number of hydrogen-bond donors (Lipinski definition) is 1. The van der Waals surface area contributed by atoms with Crippen molar-refractivity contribution in [2.75, 3.05) is 0 Å². The molecule has 0 aliphatic rings. The molecule has 0 radical (unpaired) electrons. The maximum atomic E-state index is 11.6. The van der Waals surface area contributed by atoms with Gasteiger partial charge in [-0.3, -0.25) is 4.79 Å². The van der Waals surface area contributed by atoms with Gasteiger partial charge in [0.05, 0.1) is 5.02 Å². The Morgan fingerprint density at radius 3 is 2.59 bits per heavy atom. The third-order valence-corrected chi connectivity index (χ3v) is 2.81. The van der Waals surface area contributed by atoms with Crippen LogP contribution in [0.2, 0.25) is 10.2 Å². The minimum atomic E-state index is -1.12. The Balaban J connectivity index is 3.24. The first-order valence-corrected chi connectivity index (χ1v) is 5.76. The number of nitrogens with zero attached hydrogens (tertiary/aromatic N) is 2. The van der Waals surface area contributed by atoms with E-state index in [1.54, 1.807) is 0 Å². The van der Waals surface area contributed by atoms with Crippen molar-refractivity contribution in [3.63, 3.8) is 0 Å². The molecule has 0 saturated carbocycles. The normalized spacial score (nSPS) is 12.8. The molecule has 0 fully saturated rings. The Labute approximate surface area is 108 Å². The van der Waals surface area contributed by atoms with Crippen LogP contribution in [-0.4, -0.2) is 20.9 Å². The lowest BCUT2D eigenvalue weighted by Gasteiger charge is -2.16. The van der Waals surface area contributed by atoms with E-state index in [1.165, 1.54) is 0 Å². The molecular weight excluding hydrogens is 267 g/mol. The Morgan fingerprint density at radius 2 is 2.12 bits per heavy atom. The smallest absolute Gasteiger partial charge is 0.328 e. The fourth-order valence-corrected chi connectivity index (χ4v) is 1.67. The first kappa shape index (κ1) is 14.0. The second-order valence-electron chi connectivity index (χ2n) is 4.05. The number of carboxylic acid groups (broad SMARTS) is 1. The molecule has 0 aromatic carbocycles. The van der Waals surface area contributed by atoms with E-state index in [9.17, 15) is 9.59 Å². The molecule has 7 heteroatoms. The fourth-order valence-electron chi connectivity index (χ4n) is 1.40. The van der Waals surface area contributed by atoms with Crippen LogP contribution in [0, 0.1) is 5.92 Å². The Kier molecular flexibility index (Phi) is 4.54. The number of aliphatic carboxylic acids is 1. The van der Waals surface area contributed by atoms with Crippen molar-refractivity contribution in [3.8, 4) is 0 Å². The lowest BCUT2D eigenvalue weighted by Crippen LogP contribution is -2.32. The molecule has 94 valence electrons. The van der Waals surface area contributed by atoms with Crippen molar-refractivity contribution in [1.82, 2.24) is 9.78 Å². The number of hydrogen-bond acceptors (Lipinski definition) is 3. The van der Waals surface area contributed by atoms with Crippen molar-refractivity contribution in [1.29, 1.82) is 0 Å². The molecule has 1 unspecified atom stereocenters. The van der Waals surface area contributed by atoms with Gasteiger partial charge in [0, 0.05) is 6.07 Å². The Hall–Kier alpha value is -1.07. The maximum Gasteiger partial charge on any atom is 0.328 e. The molecule has 1 N–H and O–H groups in total. The van der Waals surface area contributed by atoms with E-state index < -0.39 is 17.6 Å². The van der Waals surface area contributed by atoms with Gasteiger partial charge in [0.25, 0.3) is 5.56 Å². The monoisotopic (exact) mass is 278 g/mol. The molecule has 0 aliphatic carbocycles. The van der Waals surface area contributed by atoms with Crippen LogP contribution in [0.3, 0.4) is 0 Å². The molecule has 5 nitrogen and oxygen atoms in total. The van der Waals surface area contributed by atoms with Gasteiger partial charge in [0.15, 0.2) is 11.2 Å². The second-order valence-corrected chi connectivity index (χ2v) is 4.81. The predicted molar refractivity (Wildman–Crippen MR) is 64.6 cm³/mol. The highest BCUT2D eigenvalue weighted by Gasteiger charge is 2.23. The van der Waals surface area contributed by atoms with Crippen molar-refractivity contribution < 1.29 is 9.90 Å². The molecular formula is C10H12Cl2N2O3. The minimum Gasteiger partial charge on any atom is -0.480 e. The highest BCUT2D eigenvalue weighted by Crippen LogP contribution is 2.19. The van der Waals surface area contributed by atoms with Crippen LogP contribution in [0.1, 0.15) is 26.3 Å². The van der Waals surface area contributed by atoms with Gasteiger partial charge < -0.3 is 5.11 Å². The summed E-state index contributed by atoms with van der Waals surface area (Å²) in [7, 11) is 0. The molecule has 0 bridgehead atoms. The summed E-state index contributed by atoms with van der Waals surface area (Å²) in [5.74, 6) is -1.01. The van der Waals surface area contributed by atoms with E-state index in [-0.39, 0.29) is 16.1 Å². The molecule has 1 rings (SSSR count). The number of carboxylic acids is 1. The van der Waals surface area contributed by atoms with E-state index in [1.807, 2.05) is 13.8 Å². The van der Waals surface area contributed by atoms with Gasteiger partial charge in [-0.05, 0) is 12.3 Å². The number of carbonyl (C=O) groups is 1. The third-order valence-electron chi connectivity index (χ3n) is 2.14. The Bertz CT molecular complexity index is 485. The summed E-state index contributed by atoms with van der Waals surface area (Å²) in [6.07, 6.45) is 0.292. The second kappa shape index (κ2) is 5.51. The maximum absolute atomic E-state index is 11.6. The fraction of sp³-hybridized carbons (Fsp3) is 0.500. The molecule has 17 heavy (non-hydrogen) atoms. The van der Waals surface area contributed by atoms with Gasteiger partial charge in [-0.15, -0.1) is 0 Å². The number of halogens is 2. The van der Waals surface area contributed by atoms with Crippen molar-refractivity contribution >= 4 is 29.2 Å². The van der Waals surface area contributed by atoms with Crippen LogP contribution < -0.4 is 5.56 Å². The summed E-state index contributed by atoms with van der Waals surface area (Å²) >= 11 is 11.3. The van der Waals surface area contributed by atoms with Gasteiger partial charge in [0.1, 0.15) is 0 Å². The number of rotatable bonds is 4. The minimum absolute atomic E-state index is 0.0154. The summed E-state index contributed by atoms with van der Waals surface area (Å²) in [6, 6.07) is 0.0323. The largest absolute Gasteiger partial charge is 0.480 e. The van der Waals surface area contributed by atoms with Gasteiger partial charge in [0.2, 0.25) is 0 Å². The van der Waals surface area contributed by atoms with E-state index in [2.05, 4.69) is 5.10 Å². The van der Waals surface area contributed by atoms with Crippen LogP contribution >= 0.6 is 23.2 Å². The van der Waals surface area contributed by atoms with Gasteiger partial charge in [-0.2, -0.15) is 5.10 Å². The molecule has 0 spiro atoms. The zero-order valence-electron chi connectivity index (χ0n) is 9.35. The van der Waals surface area contributed by atoms with Crippen LogP contribution in [-0.2, 0) is 4.79 Å². The van der Waals surface area contributed by atoms with E-state index in [0.29, 0.717) is 6.42 Å². The van der Waals surface area contributed by atoms with Crippen molar-refractivity contribution in [2.45, 2.75) is 26.3 Å². The average molecular weight is 279 g/mol. The van der Waals surface area contributed by atoms with Crippen LogP contribution in [0.15, 0.2) is 10.9 Å². The van der Waals surface area contributed by atoms with E-state index in [4.69, 9.17) is 28.3 Å². The standard InChI is InChI=1S/C10H12Cl2N2O3/c1-5(2)3-7(10(16)17)14-8(15)4-6(11)9(12)13-14/h4-5,7H,3H2,1-2H3,(H,16,17). The summed E-state index contributed by atoms with van der Waals surface area (Å²) in [6.45, 7) is 3.72. The SMILES string of the molecule is CC(C)CC(C(=O)O)n1nc(Cl)c(Cl)cc1=O. The first-order valence-electron chi connectivity index (χ1n) is 5.00. The number of aromatic nitrogens is 2. The van der Waals surface area contributed by atoms with Gasteiger partial charge in [-0.25, -0.2) is 9.48 Å². The molecule has 0 saturated heterocycles. The Morgan fingerprint density at radius 1 is 1.53 bits per heavy atom. The average Bonchev–Trinajstić information content (AvgIpc) is 2.20.